The minimum absolute atomic E-state index is 0.550. The molecule has 370 valence electrons. The van der Waals surface area contributed by atoms with E-state index in [1.807, 2.05) is 36.4 Å². The minimum Gasteiger partial charge on any atom is -0.309 e. The van der Waals surface area contributed by atoms with Crippen LogP contribution in [0.15, 0.2) is 255 Å². The maximum atomic E-state index is 11.1. The van der Waals surface area contributed by atoms with Crippen LogP contribution in [0.25, 0.3) is 22.3 Å². The van der Waals surface area contributed by atoms with E-state index in [1.54, 1.807) is 0 Å². The van der Waals surface area contributed by atoms with Gasteiger partial charge in [-0.05, 0) is 121 Å². The smallest absolute Gasteiger partial charge is 0.0998 e. The molecule has 78 heavy (non-hydrogen) atoms. The monoisotopic (exact) mass is 998 g/mol. The Hall–Kier alpha value is -10.0. The van der Waals surface area contributed by atoms with Gasteiger partial charge in [0, 0.05) is 22.3 Å². The molecule has 0 unspecified atom stereocenters. The van der Waals surface area contributed by atoms with E-state index in [0.717, 1.165) is 101 Å². The summed E-state index contributed by atoms with van der Waals surface area (Å²) in [4.78, 5) is 4.91. The average molecular weight is 999 g/mol. The first-order chi connectivity index (χ1) is 38.2. The SMILES string of the molecule is Cc1ccc2c(c1)C(c1ccccc1)(c1ccccc1)c1cc(C)ccc1N2c1cc(N2c3ccc(C)cc3C(c3ccccc3)(c3ccccc3)c3cc(C)ccc32)c(-c2ccccc2C#N)cc1-c1ccccc1C#N. The summed E-state index contributed by atoms with van der Waals surface area (Å²) < 4.78 is 0. The van der Waals surface area contributed by atoms with Crippen LogP contribution in [0.2, 0.25) is 0 Å². The summed E-state index contributed by atoms with van der Waals surface area (Å²) in [5.41, 5.74) is 22.7. The van der Waals surface area contributed by atoms with Crippen molar-refractivity contribution in [2.75, 3.05) is 9.80 Å². The number of fused-ring (bicyclic) bond motifs is 4. The van der Waals surface area contributed by atoms with Gasteiger partial charge in [0.2, 0.25) is 0 Å². The zero-order chi connectivity index (χ0) is 53.1. The number of hydrogen-bond acceptors (Lipinski definition) is 4. The van der Waals surface area contributed by atoms with E-state index in [4.69, 9.17) is 0 Å². The third-order valence-corrected chi connectivity index (χ3v) is 16.3. The summed E-state index contributed by atoms with van der Waals surface area (Å²) in [6, 6.07) is 97.0. The van der Waals surface area contributed by atoms with Crippen molar-refractivity contribution in [2.45, 2.75) is 38.5 Å². The third kappa shape index (κ3) is 7.26. The Morgan fingerprint density at radius 2 is 0.538 bits per heavy atom. The maximum absolute atomic E-state index is 11.1. The van der Waals surface area contributed by atoms with Crippen molar-refractivity contribution in [3.63, 3.8) is 0 Å². The highest BCUT2D eigenvalue weighted by molar-refractivity contribution is 6.04. The van der Waals surface area contributed by atoms with Crippen molar-refractivity contribution in [1.82, 2.24) is 0 Å². The van der Waals surface area contributed by atoms with Gasteiger partial charge in [-0.2, -0.15) is 10.5 Å². The molecule has 2 aliphatic rings. The van der Waals surface area contributed by atoms with Gasteiger partial charge >= 0.3 is 0 Å². The molecule has 4 heteroatoms. The average Bonchev–Trinajstić information content (AvgIpc) is 3.61. The lowest BCUT2D eigenvalue weighted by Crippen LogP contribution is -2.38. The topological polar surface area (TPSA) is 54.1 Å². The lowest BCUT2D eigenvalue weighted by molar-refractivity contribution is 0.728. The predicted octanol–water partition coefficient (Wildman–Crippen LogP) is 18.3. The Bertz CT molecular complexity index is 3760. The van der Waals surface area contributed by atoms with Crippen molar-refractivity contribution in [3.8, 4) is 34.4 Å². The zero-order valence-electron chi connectivity index (χ0n) is 44.0. The molecule has 0 radical (unpaired) electrons. The van der Waals surface area contributed by atoms with Crippen LogP contribution in [0.4, 0.5) is 34.1 Å². The largest absolute Gasteiger partial charge is 0.309 e. The van der Waals surface area contributed by atoms with Gasteiger partial charge < -0.3 is 9.80 Å². The Balaban J connectivity index is 1.21. The summed E-state index contributed by atoms with van der Waals surface area (Å²) in [6.07, 6.45) is 0. The van der Waals surface area contributed by atoms with Crippen molar-refractivity contribution in [2.24, 2.45) is 0 Å². The number of rotatable bonds is 8. The molecule has 0 N–H and O–H groups in total. The molecule has 2 aliphatic heterocycles. The molecule has 0 aliphatic carbocycles. The molecule has 2 heterocycles. The molecule has 0 bridgehead atoms. The molecule has 4 nitrogen and oxygen atoms in total. The summed E-state index contributed by atoms with van der Waals surface area (Å²) in [6.45, 7) is 8.74. The molecule has 0 saturated heterocycles. The zero-order valence-corrected chi connectivity index (χ0v) is 44.0. The normalized spacial score (nSPS) is 13.5. The quantitative estimate of drug-likeness (QED) is 0.152. The first-order valence-electron chi connectivity index (χ1n) is 26.7. The first kappa shape index (κ1) is 47.7. The lowest BCUT2D eigenvalue weighted by atomic mass is 9.62. The highest BCUT2D eigenvalue weighted by Crippen LogP contribution is 2.63. The fraction of sp³-hybridized carbons (Fsp3) is 0.0811. The summed E-state index contributed by atoms with van der Waals surface area (Å²) in [7, 11) is 0. The van der Waals surface area contributed by atoms with Crippen LogP contribution in [0, 0.1) is 50.4 Å². The summed E-state index contributed by atoms with van der Waals surface area (Å²) in [5.74, 6) is 0. The van der Waals surface area contributed by atoms with Gasteiger partial charge in [-0.1, -0.05) is 229 Å². The number of anilines is 6. The van der Waals surface area contributed by atoms with E-state index >= 15 is 0 Å². The highest BCUT2D eigenvalue weighted by Gasteiger charge is 2.49. The van der Waals surface area contributed by atoms with Crippen molar-refractivity contribution in [3.05, 3.63) is 333 Å². The van der Waals surface area contributed by atoms with Gasteiger partial charge in [0.05, 0.1) is 68.2 Å². The van der Waals surface area contributed by atoms with Gasteiger partial charge in [0.25, 0.3) is 0 Å². The fourth-order valence-electron chi connectivity index (χ4n) is 13.0. The number of nitrogens with zero attached hydrogens (tertiary/aromatic N) is 4. The van der Waals surface area contributed by atoms with Crippen LogP contribution in [0.1, 0.15) is 77.9 Å². The molecular weight excluding hydrogens is 945 g/mol. The molecule has 0 fully saturated rings. The van der Waals surface area contributed by atoms with Crippen molar-refractivity contribution >= 4 is 34.1 Å². The molecule has 0 amide bonds. The van der Waals surface area contributed by atoms with Gasteiger partial charge in [0.15, 0.2) is 0 Å². The van der Waals surface area contributed by atoms with Gasteiger partial charge in [0.1, 0.15) is 0 Å². The van der Waals surface area contributed by atoms with Crippen LogP contribution < -0.4 is 9.80 Å². The van der Waals surface area contributed by atoms with Crippen molar-refractivity contribution < 1.29 is 0 Å². The van der Waals surface area contributed by atoms with E-state index in [2.05, 4.69) is 268 Å². The number of benzene rings is 11. The molecular formula is C74H54N4. The Labute approximate surface area is 457 Å². The number of nitriles is 2. The van der Waals surface area contributed by atoms with E-state index in [9.17, 15) is 10.5 Å². The third-order valence-electron chi connectivity index (χ3n) is 16.3. The predicted molar refractivity (Wildman–Crippen MR) is 319 cm³/mol. The van der Waals surface area contributed by atoms with E-state index in [-0.39, 0.29) is 0 Å². The lowest BCUT2D eigenvalue weighted by Gasteiger charge is -2.48. The Kier molecular flexibility index (Phi) is 11.6. The molecule has 11 aromatic carbocycles. The molecule has 0 aromatic heterocycles. The van der Waals surface area contributed by atoms with Crippen LogP contribution in [-0.4, -0.2) is 0 Å². The molecule has 0 saturated carbocycles. The second-order valence-corrected chi connectivity index (χ2v) is 20.9. The maximum Gasteiger partial charge on any atom is 0.0998 e. The Morgan fingerprint density at radius 1 is 0.269 bits per heavy atom. The van der Waals surface area contributed by atoms with Crippen LogP contribution >= 0.6 is 0 Å². The van der Waals surface area contributed by atoms with Gasteiger partial charge in [-0.3, -0.25) is 0 Å². The summed E-state index contributed by atoms with van der Waals surface area (Å²) >= 11 is 0. The molecule has 0 spiro atoms. The molecule has 13 rings (SSSR count). The van der Waals surface area contributed by atoms with E-state index in [1.165, 1.54) is 22.3 Å². The number of aryl methyl sites for hydroxylation is 4. The van der Waals surface area contributed by atoms with Crippen molar-refractivity contribution in [1.29, 1.82) is 10.5 Å². The molecule has 0 atom stereocenters. The second kappa shape index (κ2) is 19.0. The van der Waals surface area contributed by atoms with Gasteiger partial charge in [-0.25, -0.2) is 0 Å². The standard InChI is InChI=1S/C74H54N4/c1-49-33-37-67-63(41-49)73(55-23-9-5-10-24-55,56-25-11-6-12-26-56)64-42-50(2)34-38-68(64)77(67)71-46-72(62(60-32-20-18-22-54(60)48-76)45-61(71)59-31-19-17-21-53(59)47-75)78-69-39-35-51(3)43-65(69)74(57-27-13-7-14-28-57,58-29-15-8-16-30-58)66-44-52(4)36-40-70(66)78/h5-46H,1-4H3. The second-order valence-electron chi connectivity index (χ2n) is 20.9. The summed E-state index contributed by atoms with van der Waals surface area (Å²) in [5, 5.41) is 22.2. The van der Waals surface area contributed by atoms with Crippen LogP contribution in [-0.2, 0) is 10.8 Å². The van der Waals surface area contributed by atoms with E-state index in [0.29, 0.717) is 11.1 Å². The highest BCUT2D eigenvalue weighted by atomic mass is 15.2. The number of hydrogen-bond donors (Lipinski definition) is 0. The molecule has 11 aromatic rings. The van der Waals surface area contributed by atoms with Gasteiger partial charge in [-0.15, -0.1) is 0 Å². The van der Waals surface area contributed by atoms with Crippen LogP contribution in [0.3, 0.4) is 0 Å². The van der Waals surface area contributed by atoms with Crippen LogP contribution in [0.5, 0.6) is 0 Å². The fourth-order valence-corrected chi connectivity index (χ4v) is 13.0. The minimum atomic E-state index is -0.723. The first-order valence-corrected chi connectivity index (χ1v) is 26.7. The van der Waals surface area contributed by atoms with E-state index < -0.39 is 10.8 Å². The Morgan fingerprint density at radius 3 is 0.821 bits per heavy atom.